The number of hydrogen-bond acceptors (Lipinski definition) is 4. The van der Waals surface area contributed by atoms with Gasteiger partial charge in [0.05, 0.1) is 11.0 Å². The molecule has 6 heteroatoms. The minimum Gasteiger partial charge on any atom is -0.508 e. The molecule has 0 unspecified atom stereocenters. The molecule has 1 saturated carbocycles. The second kappa shape index (κ2) is 10.4. The molecule has 1 aromatic heterocycles. The van der Waals surface area contributed by atoms with E-state index in [2.05, 4.69) is 27.8 Å². The lowest BCUT2D eigenvalue weighted by Crippen LogP contribution is -2.36. The van der Waals surface area contributed by atoms with Gasteiger partial charge in [0.1, 0.15) is 11.6 Å². The summed E-state index contributed by atoms with van der Waals surface area (Å²) in [7, 11) is 0. The first-order valence-electron chi connectivity index (χ1n) is 11.6. The van der Waals surface area contributed by atoms with Crippen LogP contribution in [0.25, 0.3) is 22.4 Å². The number of phenols is 1. The van der Waals surface area contributed by atoms with Crippen LogP contribution < -0.4 is 10.6 Å². The number of fused-ring (bicyclic) bond motifs is 1. The first-order valence-corrected chi connectivity index (χ1v) is 11.6. The largest absolute Gasteiger partial charge is 0.508 e. The molecule has 1 amide bonds. The number of imidazole rings is 1. The second-order valence-corrected chi connectivity index (χ2v) is 8.72. The van der Waals surface area contributed by atoms with Crippen molar-refractivity contribution in [1.29, 1.82) is 0 Å². The fraction of sp³-hybridized carbons (Fsp3) is 0.286. The van der Waals surface area contributed by atoms with E-state index in [1.807, 2.05) is 42.5 Å². The van der Waals surface area contributed by atoms with Gasteiger partial charge in [-0.25, -0.2) is 4.98 Å². The van der Waals surface area contributed by atoms with Gasteiger partial charge >= 0.3 is 0 Å². The van der Waals surface area contributed by atoms with E-state index in [0.717, 1.165) is 46.5 Å². The molecule has 34 heavy (non-hydrogen) atoms. The topological polar surface area (TPSA) is 90.0 Å². The first-order chi connectivity index (χ1) is 16.1. The van der Waals surface area contributed by atoms with Gasteiger partial charge in [-0.05, 0) is 60.9 Å². The lowest BCUT2D eigenvalue weighted by Gasteiger charge is -2.22. The van der Waals surface area contributed by atoms with Gasteiger partial charge in [-0.1, -0.05) is 51.0 Å². The molecule has 5 rings (SSSR count). The van der Waals surface area contributed by atoms with Gasteiger partial charge in [0.2, 0.25) is 0 Å². The summed E-state index contributed by atoms with van der Waals surface area (Å²) in [5, 5.41) is 15.9. The second-order valence-electron chi connectivity index (χ2n) is 8.72. The maximum absolute atomic E-state index is 12.7. The van der Waals surface area contributed by atoms with E-state index in [4.69, 9.17) is 4.98 Å². The average molecular weight is 457 g/mol. The van der Waals surface area contributed by atoms with Crippen molar-refractivity contribution in [2.45, 2.75) is 52.1 Å². The van der Waals surface area contributed by atoms with Crippen molar-refractivity contribution >= 4 is 22.6 Å². The van der Waals surface area contributed by atoms with E-state index >= 15 is 0 Å². The molecule has 1 fully saturated rings. The number of rotatable bonds is 6. The molecule has 4 aromatic rings. The van der Waals surface area contributed by atoms with Crippen LogP contribution in [0.1, 0.15) is 55.5 Å². The minimum absolute atomic E-state index is 0. The highest BCUT2D eigenvalue weighted by molar-refractivity contribution is 5.97. The summed E-state index contributed by atoms with van der Waals surface area (Å²) in [6, 6.07) is 21.2. The summed E-state index contributed by atoms with van der Waals surface area (Å²) in [4.78, 5) is 20.8. The van der Waals surface area contributed by atoms with E-state index in [-0.39, 0.29) is 19.1 Å². The van der Waals surface area contributed by atoms with E-state index in [1.54, 1.807) is 12.1 Å². The number of carbonyl (C=O) groups excluding carboxylic acids is 1. The quantitative estimate of drug-likeness (QED) is 0.258. The number of anilines is 1. The molecule has 0 radical (unpaired) electrons. The normalized spacial score (nSPS) is 13.9. The maximum atomic E-state index is 12.7. The highest BCUT2D eigenvalue weighted by Gasteiger charge is 2.17. The van der Waals surface area contributed by atoms with Gasteiger partial charge in [0.25, 0.3) is 5.91 Å². The number of amides is 1. The van der Waals surface area contributed by atoms with Crippen LogP contribution in [-0.4, -0.2) is 27.0 Å². The lowest BCUT2D eigenvalue weighted by molar-refractivity contribution is 0.0928. The van der Waals surface area contributed by atoms with Gasteiger partial charge in [-0.15, -0.1) is 0 Å². The van der Waals surface area contributed by atoms with Crippen molar-refractivity contribution in [3.05, 3.63) is 77.9 Å². The number of nitrogens with one attached hydrogen (secondary N) is 3. The third-order valence-corrected chi connectivity index (χ3v) is 6.28. The van der Waals surface area contributed by atoms with Crippen LogP contribution in [-0.2, 0) is 6.54 Å². The Labute approximate surface area is 200 Å². The van der Waals surface area contributed by atoms with Gasteiger partial charge in [0.15, 0.2) is 0 Å². The molecule has 1 aliphatic carbocycles. The zero-order chi connectivity index (χ0) is 22.6. The molecule has 0 spiro atoms. The molecule has 176 valence electrons. The number of aromatic amines is 1. The predicted molar refractivity (Wildman–Crippen MR) is 138 cm³/mol. The summed E-state index contributed by atoms with van der Waals surface area (Å²) in [6.45, 7) is 0.685. The van der Waals surface area contributed by atoms with E-state index in [9.17, 15) is 9.90 Å². The van der Waals surface area contributed by atoms with Crippen molar-refractivity contribution in [3.63, 3.8) is 0 Å². The number of aromatic hydroxyl groups is 1. The Morgan fingerprint density at radius 2 is 1.71 bits per heavy atom. The SMILES string of the molecule is C.O=C(NC1CCCCC1)c1ccc2nc(-c3ccc(CNc4ccc(O)cc4)cc3)[nH]c2c1. The third-order valence-electron chi connectivity index (χ3n) is 6.28. The van der Waals surface area contributed by atoms with Crippen molar-refractivity contribution in [1.82, 2.24) is 15.3 Å². The standard InChI is InChI=1S/C27H28N4O2.CH4/c32-23-13-11-21(12-14-23)28-17-18-6-8-19(9-7-18)26-30-24-15-10-20(16-25(24)31-26)27(33)29-22-4-2-1-3-5-22;/h6-16,22,28,32H,1-5,17H2,(H,29,33)(H,30,31);1H4. The number of nitrogens with zero attached hydrogens (tertiary/aromatic N) is 1. The van der Waals surface area contributed by atoms with Crippen LogP contribution in [0.15, 0.2) is 66.7 Å². The predicted octanol–water partition coefficient (Wildman–Crippen LogP) is 6.25. The molecule has 6 nitrogen and oxygen atoms in total. The number of aromatic nitrogens is 2. The zero-order valence-corrected chi connectivity index (χ0v) is 18.5. The summed E-state index contributed by atoms with van der Waals surface area (Å²) >= 11 is 0. The van der Waals surface area contributed by atoms with Crippen LogP contribution in [0, 0.1) is 0 Å². The van der Waals surface area contributed by atoms with Gasteiger partial charge in [-0.3, -0.25) is 4.79 Å². The molecule has 1 aliphatic rings. The maximum Gasteiger partial charge on any atom is 0.251 e. The van der Waals surface area contributed by atoms with Crippen LogP contribution >= 0.6 is 0 Å². The number of hydrogen-bond donors (Lipinski definition) is 4. The Balaban J connectivity index is 0.00000274. The number of benzene rings is 3. The Morgan fingerprint density at radius 1 is 0.971 bits per heavy atom. The Hall–Kier alpha value is -3.80. The van der Waals surface area contributed by atoms with Crippen LogP contribution in [0.5, 0.6) is 5.75 Å². The molecule has 0 saturated heterocycles. The van der Waals surface area contributed by atoms with Crippen molar-refractivity contribution < 1.29 is 9.90 Å². The summed E-state index contributed by atoms with van der Waals surface area (Å²) in [5.74, 6) is 1.03. The molecular formula is C28H32N4O2. The van der Waals surface area contributed by atoms with Gasteiger partial charge in [0, 0.05) is 29.4 Å². The molecule has 0 aliphatic heterocycles. The van der Waals surface area contributed by atoms with E-state index in [1.165, 1.54) is 19.3 Å². The van der Waals surface area contributed by atoms with Crippen molar-refractivity contribution in [2.24, 2.45) is 0 Å². The molecule has 0 bridgehead atoms. The average Bonchev–Trinajstić information content (AvgIpc) is 3.28. The molecule has 4 N–H and O–H groups in total. The lowest BCUT2D eigenvalue weighted by atomic mass is 9.95. The monoisotopic (exact) mass is 456 g/mol. The highest BCUT2D eigenvalue weighted by atomic mass is 16.3. The summed E-state index contributed by atoms with van der Waals surface area (Å²) in [5.41, 5.74) is 5.46. The van der Waals surface area contributed by atoms with Gasteiger partial charge < -0.3 is 20.7 Å². The Kier molecular flexibility index (Phi) is 7.16. The fourth-order valence-electron chi connectivity index (χ4n) is 4.37. The van der Waals surface area contributed by atoms with E-state index < -0.39 is 0 Å². The number of carbonyl (C=O) groups is 1. The van der Waals surface area contributed by atoms with E-state index in [0.29, 0.717) is 18.2 Å². The van der Waals surface area contributed by atoms with Gasteiger partial charge in [-0.2, -0.15) is 0 Å². The third kappa shape index (κ3) is 5.39. The number of H-pyrrole nitrogens is 1. The van der Waals surface area contributed by atoms with Crippen molar-refractivity contribution in [2.75, 3.05) is 5.32 Å². The Morgan fingerprint density at radius 3 is 2.44 bits per heavy atom. The zero-order valence-electron chi connectivity index (χ0n) is 18.5. The molecule has 0 atom stereocenters. The Bertz CT molecular complexity index is 1240. The minimum atomic E-state index is -0.00886. The van der Waals surface area contributed by atoms with Crippen LogP contribution in [0.4, 0.5) is 5.69 Å². The molecule has 1 heterocycles. The highest BCUT2D eigenvalue weighted by Crippen LogP contribution is 2.23. The summed E-state index contributed by atoms with van der Waals surface area (Å²) in [6.07, 6.45) is 5.80. The van der Waals surface area contributed by atoms with Crippen LogP contribution in [0.2, 0.25) is 0 Å². The fourth-order valence-corrected chi connectivity index (χ4v) is 4.37. The molecule has 3 aromatic carbocycles. The smallest absolute Gasteiger partial charge is 0.251 e. The summed E-state index contributed by atoms with van der Waals surface area (Å²) < 4.78 is 0. The van der Waals surface area contributed by atoms with Crippen LogP contribution in [0.3, 0.4) is 0 Å². The van der Waals surface area contributed by atoms with Crippen molar-refractivity contribution in [3.8, 4) is 17.1 Å². The number of phenolic OH excluding ortho intramolecular Hbond substituents is 1. The first kappa shape index (κ1) is 23.4. The molecular weight excluding hydrogens is 424 g/mol.